The van der Waals surface area contributed by atoms with Crippen LogP contribution in [0.25, 0.3) is 0 Å². The van der Waals surface area contributed by atoms with Gasteiger partial charge in [-0.1, -0.05) is 0 Å². The number of benzene rings is 1. The molecule has 0 saturated carbocycles. The number of nitrogens with zero attached hydrogens (tertiary/aromatic N) is 1. The van der Waals surface area contributed by atoms with E-state index in [0.717, 1.165) is 6.42 Å². The summed E-state index contributed by atoms with van der Waals surface area (Å²) in [5.74, 6) is -1.08. The molecule has 5 heteroatoms. The zero-order valence-electron chi connectivity index (χ0n) is 12.2. The lowest BCUT2D eigenvalue weighted by atomic mass is 10.0. The molecule has 1 aromatic rings. The molecule has 3 atom stereocenters. The smallest absolute Gasteiger partial charge is 0.149 e. The molecule has 1 heterocycles. The van der Waals surface area contributed by atoms with E-state index in [1.165, 1.54) is 12.1 Å². The molecule has 1 aliphatic heterocycles. The second-order valence-electron chi connectivity index (χ2n) is 5.63. The van der Waals surface area contributed by atoms with E-state index in [0.29, 0.717) is 18.6 Å². The van der Waals surface area contributed by atoms with Crippen LogP contribution in [-0.4, -0.2) is 31.8 Å². The minimum atomic E-state index is -0.540. The van der Waals surface area contributed by atoms with Crippen molar-refractivity contribution in [1.82, 2.24) is 0 Å². The molecule has 3 nitrogen and oxygen atoms in total. The first-order chi connectivity index (χ1) is 9.40. The van der Waals surface area contributed by atoms with Crippen molar-refractivity contribution < 1.29 is 13.5 Å². The van der Waals surface area contributed by atoms with Gasteiger partial charge in [0, 0.05) is 19.7 Å². The van der Waals surface area contributed by atoms with Gasteiger partial charge in [-0.05, 0) is 44.4 Å². The molecule has 0 amide bonds. The summed E-state index contributed by atoms with van der Waals surface area (Å²) in [4.78, 5) is 1.65. The Labute approximate surface area is 118 Å². The maximum atomic E-state index is 14.2. The predicted octanol–water partition coefficient (Wildman–Crippen LogP) is 2.47. The first kappa shape index (κ1) is 15.2. The molecule has 20 heavy (non-hydrogen) atoms. The number of halogens is 2. The fourth-order valence-corrected chi connectivity index (χ4v) is 2.84. The van der Waals surface area contributed by atoms with Gasteiger partial charge in [-0.3, -0.25) is 0 Å². The normalized spacial score (nSPS) is 23.9. The van der Waals surface area contributed by atoms with Crippen LogP contribution in [0.2, 0.25) is 0 Å². The van der Waals surface area contributed by atoms with Gasteiger partial charge in [0.15, 0.2) is 0 Å². The molecule has 3 unspecified atom stereocenters. The van der Waals surface area contributed by atoms with Crippen LogP contribution in [0.15, 0.2) is 12.1 Å². The summed E-state index contributed by atoms with van der Waals surface area (Å²) in [6.07, 6.45) is 1.21. The zero-order chi connectivity index (χ0) is 14.9. The fourth-order valence-electron chi connectivity index (χ4n) is 2.84. The molecule has 1 fully saturated rings. The molecule has 0 aromatic heterocycles. The molecule has 112 valence electrons. The van der Waals surface area contributed by atoms with Crippen LogP contribution in [-0.2, 0) is 11.2 Å². The molecular weight excluding hydrogens is 262 g/mol. The number of hydrogen-bond donors (Lipinski definition) is 1. The molecule has 0 radical (unpaired) electrons. The number of anilines is 1. The van der Waals surface area contributed by atoms with Crippen LogP contribution in [0.4, 0.5) is 14.5 Å². The average molecular weight is 284 g/mol. The van der Waals surface area contributed by atoms with Crippen molar-refractivity contribution in [2.75, 3.05) is 18.6 Å². The fraction of sp³-hybridized carbons (Fsp3) is 0.600. The van der Waals surface area contributed by atoms with Crippen molar-refractivity contribution in [2.45, 2.75) is 44.9 Å². The Balaban J connectivity index is 2.27. The molecule has 2 N–H and O–H groups in total. The van der Waals surface area contributed by atoms with Gasteiger partial charge >= 0.3 is 0 Å². The van der Waals surface area contributed by atoms with Gasteiger partial charge in [0.2, 0.25) is 0 Å². The van der Waals surface area contributed by atoms with Crippen molar-refractivity contribution in [1.29, 1.82) is 0 Å². The van der Waals surface area contributed by atoms with E-state index in [1.807, 2.05) is 13.8 Å². The van der Waals surface area contributed by atoms with Gasteiger partial charge in [0.1, 0.15) is 17.3 Å². The second-order valence-corrected chi connectivity index (χ2v) is 5.63. The van der Waals surface area contributed by atoms with Crippen molar-refractivity contribution in [3.8, 4) is 0 Å². The number of nitrogens with two attached hydrogens (primary N) is 1. The zero-order valence-corrected chi connectivity index (χ0v) is 12.2. The lowest BCUT2D eigenvalue weighted by Crippen LogP contribution is -2.37. The third-order valence-corrected chi connectivity index (χ3v) is 3.82. The van der Waals surface area contributed by atoms with Crippen molar-refractivity contribution in [3.05, 3.63) is 29.3 Å². The molecule has 0 spiro atoms. The number of likely N-dealkylation sites (N-methyl/N-ethyl adjacent to an activating group) is 1. The van der Waals surface area contributed by atoms with E-state index >= 15 is 0 Å². The van der Waals surface area contributed by atoms with E-state index < -0.39 is 11.6 Å². The topological polar surface area (TPSA) is 38.5 Å². The Morgan fingerprint density at radius 2 is 2.00 bits per heavy atom. The third kappa shape index (κ3) is 3.10. The van der Waals surface area contributed by atoms with Crippen molar-refractivity contribution in [2.24, 2.45) is 5.73 Å². The SMILES string of the molecule is CC(N)Cc1cc(F)c(N(C)C2CCOC2C)c(F)c1. The average Bonchev–Trinajstić information content (AvgIpc) is 2.73. The highest BCUT2D eigenvalue weighted by atomic mass is 19.1. The minimum absolute atomic E-state index is 0.00159. The van der Waals surface area contributed by atoms with Crippen molar-refractivity contribution >= 4 is 5.69 Å². The Bertz CT molecular complexity index is 456. The van der Waals surface area contributed by atoms with E-state index in [-0.39, 0.29) is 23.9 Å². The van der Waals surface area contributed by atoms with Crippen molar-refractivity contribution in [3.63, 3.8) is 0 Å². The largest absolute Gasteiger partial charge is 0.376 e. The summed E-state index contributed by atoms with van der Waals surface area (Å²) >= 11 is 0. The molecule has 2 rings (SSSR count). The standard InChI is InChI=1S/C15H22F2N2O/c1-9(18)6-11-7-12(16)15(13(17)8-11)19(3)14-4-5-20-10(14)2/h7-10,14H,4-6,18H2,1-3H3. The summed E-state index contributed by atoms with van der Waals surface area (Å²) in [6, 6.07) is 2.62. The van der Waals surface area contributed by atoms with Gasteiger partial charge in [-0.2, -0.15) is 0 Å². The Hall–Kier alpha value is -1.20. The van der Waals surface area contributed by atoms with Crippen LogP contribution in [0.1, 0.15) is 25.8 Å². The highest BCUT2D eigenvalue weighted by molar-refractivity contribution is 5.51. The van der Waals surface area contributed by atoms with E-state index in [9.17, 15) is 8.78 Å². The Kier molecular flexibility index (Phi) is 4.60. The van der Waals surface area contributed by atoms with Crippen LogP contribution >= 0.6 is 0 Å². The maximum absolute atomic E-state index is 14.2. The van der Waals surface area contributed by atoms with Gasteiger partial charge < -0.3 is 15.4 Å². The molecule has 0 bridgehead atoms. The molecule has 1 aromatic carbocycles. The van der Waals surface area contributed by atoms with Gasteiger partial charge in [-0.25, -0.2) is 8.78 Å². The molecule has 0 aliphatic carbocycles. The summed E-state index contributed by atoms with van der Waals surface area (Å²) < 4.78 is 33.9. The van der Waals surface area contributed by atoms with Gasteiger partial charge in [0.25, 0.3) is 0 Å². The Morgan fingerprint density at radius 1 is 1.40 bits per heavy atom. The maximum Gasteiger partial charge on any atom is 0.149 e. The van der Waals surface area contributed by atoms with Crippen LogP contribution < -0.4 is 10.6 Å². The van der Waals surface area contributed by atoms with E-state index in [1.54, 1.807) is 11.9 Å². The predicted molar refractivity (Wildman–Crippen MR) is 75.9 cm³/mol. The summed E-state index contributed by atoms with van der Waals surface area (Å²) in [5, 5.41) is 0. The Morgan fingerprint density at radius 3 is 2.45 bits per heavy atom. The summed E-state index contributed by atoms with van der Waals surface area (Å²) in [7, 11) is 1.71. The molecule has 1 saturated heterocycles. The molecular formula is C15H22F2N2O. The monoisotopic (exact) mass is 284 g/mol. The van der Waals surface area contributed by atoms with Crippen LogP contribution in [0.3, 0.4) is 0 Å². The molecule has 1 aliphatic rings. The second kappa shape index (κ2) is 6.06. The number of rotatable bonds is 4. The number of hydrogen-bond acceptors (Lipinski definition) is 3. The lowest BCUT2D eigenvalue weighted by molar-refractivity contribution is 0.118. The lowest BCUT2D eigenvalue weighted by Gasteiger charge is -2.29. The highest BCUT2D eigenvalue weighted by Crippen LogP contribution is 2.30. The van der Waals surface area contributed by atoms with E-state index in [4.69, 9.17) is 10.5 Å². The quantitative estimate of drug-likeness (QED) is 0.923. The third-order valence-electron chi connectivity index (χ3n) is 3.82. The van der Waals surface area contributed by atoms with E-state index in [2.05, 4.69) is 0 Å². The van der Waals surface area contributed by atoms with Gasteiger partial charge in [-0.15, -0.1) is 0 Å². The number of ether oxygens (including phenoxy) is 1. The van der Waals surface area contributed by atoms with Crippen LogP contribution in [0.5, 0.6) is 0 Å². The van der Waals surface area contributed by atoms with Crippen LogP contribution in [0, 0.1) is 11.6 Å². The van der Waals surface area contributed by atoms with Gasteiger partial charge in [0.05, 0.1) is 12.1 Å². The highest BCUT2D eigenvalue weighted by Gasteiger charge is 2.30. The summed E-state index contributed by atoms with van der Waals surface area (Å²) in [6.45, 7) is 4.37. The first-order valence-corrected chi connectivity index (χ1v) is 6.98. The minimum Gasteiger partial charge on any atom is -0.376 e. The summed E-state index contributed by atoms with van der Waals surface area (Å²) in [5.41, 5.74) is 6.27. The first-order valence-electron chi connectivity index (χ1n) is 6.98.